The second-order valence-electron chi connectivity index (χ2n) is 12.5. The molecule has 0 radical (unpaired) electrons. The van der Waals surface area contributed by atoms with E-state index in [0.717, 1.165) is 44.7 Å². The number of aromatic hydroxyl groups is 1. The van der Waals surface area contributed by atoms with Crippen LogP contribution >= 0.6 is 0 Å². The first kappa shape index (κ1) is 31.8. The van der Waals surface area contributed by atoms with Gasteiger partial charge in [0.1, 0.15) is 31.3 Å². The molecule has 0 bridgehead atoms. The number of phenolic OH excluding ortho intramolecular Hbond substituents is 1. The van der Waals surface area contributed by atoms with E-state index < -0.39 is 0 Å². The quantitative estimate of drug-likeness (QED) is 0.143. The van der Waals surface area contributed by atoms with Crippen LogP contribution < -0.4 is 14.2 Å². The van der Waals surface area contributed by atoms with Crippen molar-refractivity contribution in [3.8, 4) is 23.0 Å². The zero-order valence-corrected chi connectivity index (χ0v) is 27.3. The van der Waals surface area contributed by atoms with Gasteiger partial charge in [0.05, 0.1) is 5.56 Å². The van der Waals surface area contributed by atoms with Crippen molar-refractivity contribution < 1.29 is 24.1 Å². The number of fused-ring (bicyclic) bond motifs is 1. The van der Waals surface area contributed by atoms with Gasteiger partial charge in [-0.15, -0.1) is 0 Å². The van der Waals surface area contributed by atoms with Gasteiger partial charge in [0.25, 0.3) is 0 Å². The smallest absolute Gasteiger partial charge is 0.172 e. The lowest BCUT2D eigenvalue weighted by Gasteiger charge is -2.29. The standard InChI is InChI=1S/C44H38O5/c45-38-20-16-31(17-21-38)24-37-27-42(48-29-33-12-6-2-7-13-33)44(49-30-34-14-8-3-9-15-34)43-40(37)25-36(26-41(43)46)35-18-22-39(23-19-35)47-28-32-10-4-1-5-11-32/h1-23,27,36,45H,24-26,28-30H2. The Morgan fingerprint density at radius 1 is 0.571 bits per heavy atom. The Balaban J connectivity index is 1.23. The van der Waals surface area contributed by atoms with E-state index in [2.05, 4.69) is 12.1 Å². The molecule has 0 heterocycles. The number of phenols is 1. The van der Waals surface area contributed by atoms with Crippen LogP contribution in [0.3, 0.4) is 0 Å². The molecule has 0 saturated carbocycles. The highest BCUT2D eigenvalue weighted by molar-refractivity contribution is 6.03. The molecule has 0 amide bonds. The molecule has 0 aromatic heterocycles. The van der Waals surface area contributed by atoms with Crippen LogP contribution in [-0.2, 0) is 32.7 Å². The third kappa shape index (κ3) is 7.85. The highest BCUT2D eigenvalue weighted by Gasteiger charge is 2.33. The second kappa shape index (κ2) is 15.0. The van der Waals surface area contributed by atoms with E-state index in [1.165, 1.54) is 0 Å². The molecule has 6 aromatic rings. The molecule has 244 valence electrons. The number of hydrogen-bond donors (Lipinski definition) is 1. The molecule has 1 unspecified atom stereocenters. The second-order valence-corrected chi connectivity index (χ2v) is 12.5. The number of ketones is 1. The minimum absolute atomic E-state index is 0.000184. The molecule has 0 saturated heterocycles. The highest BCUT2D eigenvalue weighted by Crippen LogP contribution is 2.45. The fraction of sp³-hybridized carbons (Fsp3) is 0.159. The van der Waals surface area contributed by atoms with E-state index in [1.807, 2.05) is 121 Å². The summed E-state index contributed by atoms with van der Waals surface area (Å²) < 4.78 is 19.0. The van der Waals surface area contributed by atoms with Crippen LogP contribution in [0.5, 0.6) is 23.0 Å². The number of carbonyl (C=O) groups is 1. The van der Waals surface area contributed by atoms with Gasteiger partial charge in [0, 0.05) is 6.42 Å². The van der Waals surface area contributed by atoms with Gasteiger partial charge in [-0.05, 0) is 88.0 Å². The molecule has 1 aliphatic rings. The lowest BCUT2D eigenvalue weighted by Crippen LogP contribution is -2.22. The zero-order chi connectivity index (χ0) is 33.4. The lowest BCUT2D eigenvalue weighted by molar-refractivity contribution is 0.0957. The number of Topliss-reactive ketones (excluding diaryl/α,β-unsaturated/α-hetero) is 1. The van der Waals surface area contributed by atoms with Gasteiger partial charge in [-0.3, -0.25) is 4.79 Å². The number of ether oxygens (including phenoxy) is 3. The minimum Gasteiger partial charge on any atom is -0.508 e. The number of benzene rings is 6. The molecule has 1 atom stereocenters. The van der Waals surface area contributed by atoms with Crippen molar-refractivity contribution >= 4 is 5.78 Å². The predicted molar refractivity (Wildman–Crippen MR) is 192 cm³/mol. The van der Waals surface area contributed by atoms with Gasteiger partial charge in [0.2, 0.25) is 0 Å². The largest absolute Gasteiger partial charge is 0.508 e. The molecule has 5 nitrogen and oxygen atoms in total. The summed E-state index contributed by atoms with van der Waals surface area (Å²) in [4.78, 5) is 14.3. The average Bonchev–Trinajstić information content (AvgIpc) is 3.15. The van der Waals surface area contributed by atoms with Gasteiger partial charge >= 0.3 is 0 Å². The van der Waals surface area contributed by atoms with E-state index in [-0.39, 0.29) is 17.5 Å². The van der Waals surface area contributed by atoms with Gasteiger partial charge < -0.3 is 19.3 Å². The molecule has 0 fully saturated rings. The third-order valence-electron chi connectivity index (χ3n) is 9.00. The lowest BCUT2D eigenvalue weighted by atomic mass is 9.76. The summed E-state index contributed by atoms with van der Waals surface area (Å²) >= 11 is 0. The predicted octanol–water partition coefficient (Wildman–Crippen LogP) is 9.63. The van der Waals surface area contributed by atoms with E-state index in [9.17, 15) is 9.90 Å². The van der Waals surface area contributed by atoms with Crippen molar-refractivity contribution in [2.24, 2.45) is 0 Å². The summed E-state index contributed by atoms with van der Waals surface area (Å²) in [5, 5.41) is 9.94. The molecule has 0 spiro atoms. The number of rotatable bonds is 12. The number of hydrogen-bond acceptors (Lipinski definition) is 5. The summed E-state index contributed by atoms with van der Waals surface area (Å²) in [5.41, 5.74) is 7.87. The average molecular weight is 647 g/mol. The minimum atomic E-state index is -0.000184. The summed E-state index contributed by atoms with van der Waals surface area (Å²) in [6.45, 7) is 1.15. The Bertz CT molecular complexity index is 1990. The fourth-order valence-electron chi connectivity index (χ4n) is 6.42. The van der Waals surface area contributed by atoms with Crippen molar-refractivity contribution in [1.82, 2.24) is 0 Å². The SMILES string of the molecule is O=C1CC(c2ccc(OCc3ccccc3)cc2)Cc2c(Cc3ccc(O)cc3)cc(OCc3ccccc3)c(OCc3ccccc3)c21. The van der Waals surface area contributed by atoms with Crippen LogP contribution in [0.4, 0.5) is 0 Å². The van der Waals surface area contributed by atoms with Gasteiger partial charge in [-0.2, -0.15) is 0 Å². The summed E-state index contributed by atoms with van der Waals surface area (Å²) in [5.74, 6) is 2.10. The summed E-state index contributed by atoms with van der Waals surface area (Å²) in [6.07, 6.45) is 1.62. The Morgan fingerprint density at radius 3 is 1.71 bits per heavy atom. The molecular weight excluding hydrogens is 608 g/mol. The molecular formula is C44H38O5. The zero-order valence-electron chi connectivity index (χ0n) is 27.3. The van der Waals surface area contributed by atoms with E-state index >= 15 is 0 Å². The van der Waals surface area contributed by atoms with Crippen LogP contribution in [0.25, 0.3) is 0 Å². The first-order valence-corrected chi connectivity index (χ1v) is 16.7. The maximum atomic E-state index is 14.3. The Hall–Kier alpha value is -5.81. The van der Waals surface area contributed by atoms with Crippen LogP contribution in [0.15, 0.2) is 146 Å². The van der Waals surface area contributed by atoms with Crippen molar-refractivity contribution in [2.75, 3.05) is 0 Å². The molecule has 7 rings (SSSR count). The van der Waals surface area contributed by atoms with Crippen molar-refractivity contribution in [1.29, 1.82) is 0 Å². The van der Waals surface area contributed by atoms with E-state index in [0.29, 0.717) is 56.1 Å². The first-order valence-electron chi connectivity index (χ1n) is 16.7. The van der Waals surface area contributed by atoms with Crippen molar-refractivity contribution in [3.63, 3.8) is 0 Å². The van der Waals surface area contributed by atoms with Crippen LogP contribution in [0, 0.1) is 0 Å². The van der Waals surface area contributed by atoms with Crippen LogP contribution in [-0.4, -0.2) is 10.9 Å². The highest BCUT2D eigenvalue weighted by atomic mass is 16.5. The monoisotopic (exact) mass is 646 g/mol. The third-order valence-corrected chi connectivity index (χ3v) is 9.00. The van der Waals surface area contributed by atoms with Crippen molar-refractivity contribution in [2.45, 2.75) is 45.0 Å². The summed E-state index contributed by atoms with van der Waals surface area (Å²) in [6, 6.07) is 47.5. The maximum absolute atomic E-state index is 14.3. The fourth-order valence-corrected chi connectivity index (χ4v) is 6.42. The first-order chi connectivity index (χ1) is 24.1. The number of carbonyl (C=O) groups excluding carboxylic acids is 1. The molecule has 6 aromatic carbocycles. The topological polar surface area (TPSA) is 65.0 Å². The molecule has 1 aliphatic carbocycles. The van der Waals surface area contributed by atoms with E-state index in [1.54, 1.807) is 12.1 Å². The van der Waals surface area contributed by atoms with Crippen LogP contribution in [0.2, 0.25) is 0 Å². The van der Waals surface area contributed by atoms with Gasteiger partial charge in [0.15, 0.2) is 17.3 Å². The maximum Gasteiger partial charge on any atom is 0.172 e. The Labute approximate surface area is 287 Å². The van der Waals surface area contributed by atoms with Gasteiger partial charge in [-0.1, -0.05) is 115 Å². The Morgan fingerprint density at radius 2 is 1.12 bits per heavy atom. The van der Waals surface area contributed by atoms with E-state index in [4.69, 9.17) is 14.2 Å². The Kier molecular flexibility index (Phi) is 9.70. The van der Waals surface area contributed by atoms with Crippen molar-refractivity contribution in [3.05, 3.63) is 190 Å². The normalized spacial score (nSPS) is 13.8. The molecule has 49 heavy (non-hydrogen) atoms. The molecule has 0 aliphatic heterocycles. The van der Waals surface area contributed by atoms with Gasteiger partial charge in [-0.25, -0.2) is 0 Å². The molecule has 5 heteroatoms. The molecule has 1 N–H and O–H groups in total. The summed E-state index contributed by atoms with van der Waals surface area (Å²) in [7, 11) is 0. The van der Waals surface area contributed by atoms with Crippen LogP contribution in [0.1, 0.15) is 61.6 Å².